The first-order chi connectivity index (χ1) is 6.63. The Morgan fingerprint density at radius 2 is 2.14 bits per heavy atom. The molecule has 1 saturated carbocycles. The molecule has 1 amide bonds. The molecule has 0 aromatic carbocycles. The lowest BCUT2D eigenvalue weighted by atomic mass is 9.93. The number of amides is 1. The molecule has 0 aromatic rings. The molecule has 0 aromatic heterocycles. The van der Waals surface area contributed by atoms with E-state index in [9.17, 15) is 4.79 Å². The van der Waals surface area contributed by atoms with E-state index in [2.05, 4.69) is 19.2 Å². The lowest BCUT2D eigenvalue weighted by Gasteiger charge is -2.17. The van der Waals surface area contributed by atoms with E-state index in [-0.39, 0.29) is 11.8 Å². The van der Waals surface area contributed by atoms with Gasteiger partial charge in [0.25, 0.3) is 0 Å². The van der Waals surface area contributed by atoms with Crippen LogP contribution in [0.5, 0.6) is 0 Å². The quantitative estimate of drug-likeness (QED) is 0.675. The van der Waals surface area contributed by atoms with Crippen molar-refractivity contribution in [3.63, 3.8) is 0 Å². The van der Waals surface area contributed by atoms with Crippen LogP contribution in [0.25, 0.3) is 0 Å². The Bertz CT molecular complexity index is 188. The molecule has 3 N–H and O–H groups in total. The zero-order valence-corrected chi connectivity index (χ0v) is 9.25. The highest BCUT2D eigenvalue weighted by Crippen LogP contribution is 2.21. The molecule has 1 aliphatic carbocycles. The zero-order chi connectivity index (χ0) is 10.6. The second-order valence-electron chi connectivity index (χ2n) is 4.69. The summed E-state index contributed by atoms with van der Waals surface area (Å²) < 4.78 is 0. The van der Waals surface area contributed by atoms with Gasteiger partial charge in [-0.3, -0.25) is 4.79 Å². The van der Waals surface area contributed by atoms with Gasteiger partial charge < -0.3 is 11.1 Å². The van der Waals surface area contributed by atoms with Gasteiger partial charge in [0, 0.05) is 12.0 Å². The molecular weight excluding hydrogens is 176 g/mol. The summed E-state index contributed by atoms with van der Waals surface area (Å²) in [5.74, 6) is 0.906. The maximum absolute atomic E-state index is 11.8. The highest BCUT2D eigenvalue weighted by atomic mass is 16.2. The molecule has 0 bridgehead atoms. The largest absolute Gasteiger partial charge is 0.353 e. The molecular formula is C11H22N2O. The van der Waals surface area contributed by atoms with E-state index in [1.165, 1.54) is 0 Å². The number of hydrogen-bond donors (Lipinski definition) is 2. The van der Waals surface area contributed by atoms with Crippen LogP contribution in [0.4, 0.5) is 0 Å². The average molecular weight is 198 g/mol. The fourth-order valence-electron chi connectivity index (χ4n) is 1.67. The van der Waals surface area contributed by atoms with Crippen LogP contribution in [0.1, 0.15) is 39.5 Å². The van der Waals surface area contributed by atoms with Crippen molar-refractivity contribution < 1.29 is 4.79 Å². The molecule has 3 nitrogen and oxygen atoms in total. The molecule has 3 heteroatoms. The van der Waals surface area contributed by atoms with Crippen LogP contribution in [-0.4, -0.2) is 18.5 Å². The number of carbonyl (C=O) groups is 1. The second-order valence-corrected chi connectivity index (χ2v) is 4.69. The van der Waals surface area contributed by atoms with E-state index in [1.807, 2.05) is 0 Å². The topological polar surface area (TPSA) is 55.1 Å². The molecule has 1 atom stereocenters. The van der Waals surface area contributed by atoms with Gasteiger partial charge in [0.05, 0.1) is 0 Å². The minimum absolute atomic E-state index is 0.126. The van der Waals surface area contributed by atoms with Gasteiger partial charge >= 0.3 is 0 Å². The zero-order valence-electron chi connectivity index (χ0n) is 9.25. The lowest BCUT2D eigenvalue weighted by molar-refractivity contribution is -0.125. The third kappa shape index (κ3) is 4.09. The molecule has 1 fully saturated rings. The molecule has 0 saturated heterocycles. The summed E-state index contributed by atoms with van der Waals surface area (Å²) in [5.41, 5.74) is 5.51. The SMILES string of the molecule is CC(C)CC(CCN)C(=O)NC1CC1. The molecule has 1 unspecified atom stereocenters. The monoisotopic (exact) mass is 198 g/mol. The Morgan fingerprint density at radius 3 is 2.57 bits per heavy atom. The van der Waals surface area contributed by atoms with Crippen LogP contribution in [0, 0.1) is 11.8 Å². The minimum Gasteiger partial charge on any atom is -0.353 e. The van der Waals surface area contributed by atoms with E-state index < -0.39 is 0 Å². The first-order valence-corrected chi connectivity index (χ1v) is 5.64. The Labute approximate surface area is 86.4 Å². The van der Waals surface area contributed by atoms with Crippen molar-refractivity contribution in [1.29, 1.82) is 0 Å². The van der Waals surface area contributed by atoms with Gasteiger partial charge in [-0.2, -0.15) is 0 Å². The predicted molar refractivity (Wildman–Crippen MR) is 57.8 cm³/mol. The molecule has 0 spiro atoms. The summed E-state index contributed by atoms with van der Waals surface area (Å²) in [7, 11) is 0. The van der Waals surface area contributed by atoms with Gasteiger partial charge in [0.1, 0.15) is 0 Å². The third-order valence-electron chi connectivity index (χ3n) is 2.57. The minimum atomic E-state index is 0.126. The Balaban J connectivity index is 2.33. The molecule has 0 aliphatic heterocycles. The van der Waals surface area contributed by atoms with Crippen LogP contribution in [-0.2, 0) is 4.79 Å². The van der Waals surface area contributed by atoms with Gasteiger partial charge in [-0.05, 0) is 38.1 Å². The first-order valence-electron chi connectivity index (χ1n) is 5.64. The van der Waals surface area contributed by atoms with E-state index in [0.717, 1.165) is 25.7 Å². The van der Waals surface area contributed by atoms with E-state index in [4.69, 9.17) is 5.73 Å². The summed E-state index contributed by atoms with van der Waals surface area (Å²) in [5, 5.41) is 3.05. The number of nitrogens with two attached hydrogens (primary N) is 1. The molecule has 0 radical (unpaired) electrons. The summed E-state index contributed by atoms with van der Waals surface area (Å²) in [6.45, 7) is 4.90. The molecule has 0 heterocycles. The maximum atomic E-state index is 11.8. The van der Waals surface area contributed by atoms with Crippen molar-refractivity contribution in [2.45, 2.75) is 45.6 Å². The average Bonchev–Trinajstić information content (AvgIpc) is 2.86. The fraction of sp³-hybridized carbons (Fsp3) is 0.909. The Kier molecular flexibility index (Phi) is 4.39. The lowest BCUT2D eigenvalue weighted by Crippen LogP contribution is -2.34. The first kappa shape index (κ1) is 11.5. The van der Waals surface area contributed by atoms with Gasteiger partial charge in [-0.1, -0.05) is 13.8 Å². The van der Waals surface area contributed by atoms with Crippen LogP contribution in [0.2, 0.25) is 0 Å². The molecule has 14 heavy (non-hydrogen) atoms. The maximum Gasteiger partial charge on any atom is 0.223 e. The van der Waals surface area contributed by atoms with Crippen molar-refractivity contribution in [2.24, 2.45) is 17.6 Å². The van der Waals surface area contributed by atoms with E-state index >= 15 is 0 Å². The van der Waals surface area contributed by atoms with Crippen LogP contribution < -0.4 is 11.1 Å². The summed E-state index contributed by atoms with van der Waals surface area (Å²) in [6.07, 6.45) is 4.08. The normalized spacial score (nSPS) is 18.3. The van der Waals surface area contributed by atoms with Crippen LogP contribution in [0.3, 0.4) is 0 Å². The Morgan fingerprint density at radius 1 is 1.50 bits per heavy atom. The van der Waals surface area contributed by atoms with Gasteiger partial charge in [-0.15, -0.1) is 0 Å². The molecule has 82 valence electrons. The number of rotatable bonds is 6. The van der Waals surface area contributed by atoms with Crippen molar-refractivity contribution in [3.05, 3.63) is 0 Å². The van der Waals surface area contributed by atoms with Crippen molar-refractivity contribution in [2.75, 3.05) is 6.54 Å². The Hall–Kier alpha value is -0.570. The van der Waals surface area contributed by atoms with Gasteiger partial charge in [0.2, 0.25) is 5.91 Å². The summed E-state index contributed by atoms with van der Waals surface area (Å²) in [4.78, 5) is 11.8. The predicted octanol–water partition coefficient (Wildman–Crippen LogP) is 1.28. The van der Waals surface area contributed by atoms with Crippen molar-refractivity contribution >= 4 is 5.91 Å². The third-order valence-corrected chi connectivity index (χ3v) is 2.57. The smallest absolute Gasteiger partial charge is 0.223 e. The number of hydrogen-bond acceptors (Lipinski definition) is 2. The number of nitrogens with one attached hydrogen (secondary N) is 1. The van der Waals surface area contributed by atoms with E-state index in [0.29, 0.717) is 18.5 Å². The second kappa shape index (κ2) is 5.35. The fourth-order valence-corrected chi connectivity index (χ4v) is 1.67. The highest BCUT2D eigenvalue weighted by molar-refractivity contribution is 5.79. The summed E-state index contributed by atoms with van der Waals surface area (Å²) >= 11 is 0. The van der Waals surface area contributed by atoms with Gasteiger partial charge in [0.15, 0.2) is 0 Å². The van der Waals surface area contributed by atoms with Crippen LogP contribution in [0.15, 0.2) is 0 Å². The number of carbonyl (C=O) groups excluding carboxylic acids is 1. The molecule has 1 aliphatic rings. The standard InChI is InChI=1S/C11H22N2O/c1-8(2)7-9(5-6-12)11(14)13-10-3-4-10/h8-10H,3-7,12H2,1-2H3,(H,13,14). The van der Waals surface area contributed by atoms with Crippen molar-refractivity contribution in [3.8, 4) is 0 Å². The van der Waals surface area contributed by atoms with E-state index in [1.54, 1.807) is 0 Å². The van der Waals surface area contributed by atoms with Crippen molar-refractivity contribution in [1.82, 2.24) is 5.32 Å². The highest BCUT2D eigenvalue weighted by Gasteiger charge is 2.27. The molecule has 1 rings (SSSR count). The summed E-state index contributed by atoms with van der Waals surface area (Å²) in [6, 6.07) is 0.468. The van der Waals surface area contributed by atoms with Crippen LogP contribution >= 0.6 is 0 Å². The van der Waals surface area contributed by atoms with Gasteiger partial charge in [-0.25, -0.2) is 0 Å².